The number of anilines is 1. The second-order valence-electron chi connectivity index (χ2n) is 17.6. The monoisotopic (exact) mass is 793 g/mol. The van der Waals surface area contributed by atoms with Gasteiger partial charge in [-0.25, -0.2) is 0 Å². The molecule has 1 spiro atoms. The summed E-state index contributed by atoms with van der Waals surface area (Å²) in [6, 6.07) is 28.9. The van der Waals surface area contributed by atoms with Crippen molar-refractivity contribution in [3.05, 3.63) is 129 Å². The predicted molar refractivity (Wildman–Crippen MR) is 228 cm³/mol. The zero-order valence-electron chi connectivity index (χ0n) is 34.1. The van der Waals surface area contributed by atoms with E-state index in [4.69, 9.17) is 0 Å². The number of phenolic OH excluding ortho intramolecular Hbond substituents is 1. The van der Waals surface area contributed by atoms with E-state index in [-0.39, 0.29) is 18.8 Å². The third-order valence-electron chi connectivity index (χ3n) is 14.4. The molecule has 59 heavy (non-hydrogen) atoms. The number of rotatable bonds is 11. The lowest BCUT2D eigenvalue weighted by Crippen LogP contribution is -2.48. The maximum absolute atomic E-state index is 13.4. The Labute approximate surface area is 347 Å². The minimum Gasteiger partial charge on any atom is -0.508 e. The zero-order chi connectivity index (χ0) is 40.7. The quantitative estimate of drug-likeness (QED) is 0.129. The van der Waals surface area contributed by atoms with Crippen molar-refractivity contribution in [1.29, 1.82) is 0 Å². The number of nitrogens with one attached hydrogen (secondary N) is 1. The van der Waals surface area contributed by atoms with Crippen LogP contribution in [0.5, 0.6) is 5.75 Å². The topological polar surface area (TPSA) is 114 Å². The standard InChI is InChI=1S/C49H55N5O5/c1-50-46(57)44(8-5-27-55)54-47(58)42-29-36-31-52(32-37(36)30-43(42)48(54)59)26-25-51-21-17-49(18-22-51)19-23-53(24-20-49)38-12-9-34(10-13-38)45-40(33-6-3-2-4-7-33)15-11-35-28-39(56)14-16-41(35)45/h2-4,6-7,9-10,12-14,16,27-30,40,44-45,56H,5,8,11,15,17-26,31-32H2,1H3,(H,50,57). The highest BCUT2D eigenvalue weighted by Gasteiger charge is 2.44. The maximum Gasteiger partial charge on any atom is 0.262 e. The van der Waals surface area contributed by atoms with Crippen molar-refractivity contribution in [1.82, 2.24) is 20.0 Å². The van der Waals surface area contributed by atoms with Crippen molar-refractivity contribution >= 4 is 29.7 Å². The van der Waals surface area contributed by atoms with E-state index in [0.29, 0.717) is 34.5 Å². The largest absolute Gasteiger partial charge is 0.508 e. The van der Waals surface area contributed by atoms with E-state index in [2.05, 4.69) is 80.7 Å². The van der Waals surface area contributed by atoms with Gasteiger partial charge in [0.25, 0.3) is 11.8 Å². The third kappa shape index (κ3) is 7.57. The van der Waals surface area contributed by atoms with Gasteiger partial charge in [0.2, 0.25) is 5.91 Å². The molecule has 10 nitrogen and oxygen atoms in total. The number of nitrogens with zero attached hydrogens (tertiary/aromatic N) is 4. The summed E-state index contributed by atoms with van der Waals surface area (Å²) in [6.45, 7) is 7.78. The highest BCUT2D eigenvalue weighted by atomic mass is 16.3. The molecule has 4 aromatic carbocycles. The molecule has 3 atom stereocenters. The molecule has 4 aromatic rings. The molecule has 0 bridgehead atoms. The van der Waals surface area contributed by atoms with Crippen LogP contribution in [0.25, 0.3) is 0 Å². The van der Waals surface area contributed by atoms with Crippen LogP contribution >= 0.6 is 0 Å². The lowest BCUT2D eigenvalue weighted by Gasteiger charge is -2.47. The number of carbonyl (C=O) groups excluding carboxylic acids is 4. The molecule has 4 heterocycles. The Balaban J connectivity index is 0.769. The number of fused-ring (bicyclic) bond motifs is 3. The van der Waals surface area contributed by atoms with Crippen LogP contribution in [0.15, 0.2) is 84.9 Å². The molecular weight excluding hydrogens is 739 g/mol. The number of amides is 3. The number of carbonyl (C=O) groups is 4. The van der Waals surface area contributed by atoms with Crippen LogP contribution in [0.1, 0.15) is 111 Å². The van der Waals surface area contributed by atoms with Crippen LogP contribution in [0, 0.1) is 5.41 Å². The molecule has 3 unspecified atom stereocenters. The second-order valence-corrected chi connectivity index (χ2v) is 17.6. The first-order valence-corrected chi connectivity index (χ1v) is 21.6. The summed E-state index contributed by atoms with van der Waals surface area (Å²) in [5.74, 6) is -0.362. The van der Waals surface area contributed by atoms with Crippen LogP contribution in [-0.2, 0) is 29.1 Å². The fourth-order valence-corrected chi connectivity index (χ4v) is 10.9. The van der Waals surface area contributed by atoms with E-state index in [1.807, 2.05) is 24.3 Å². The molecule has 3 amide bonds. The first-order chi connectivity index (χ1) is 28.7. The molecule has 2 fully saturated rings. The minimum atomic E-state index is -1.00. The molecule has 4 aliphatic heterocycles. The number of aldehydes is 1. The number of aryl methyl sites for hydroxylation is 1. The Morgan fingerprint density at radius 2 is 1.44 bits per heavy atom. The summed E-state index contributed by atoms with van der Waals surface area (Å²) in [7, 11) is 1.47. The van der Waals surface area contributed by atoms with E-state index in [9.17, 15) is 24.3 Å². The minimum absolute atomic E-state index is 0.0885. The van der Waals surface area contributed by atoms with Crippen LogP contribution in [0.4, 0.5) is 5.69 Å². The highest BCUT2D eigenvalue weighted by Crippen LogP contribution is 2.48. The Bertz CT molecular complexity index is 2180. The Morgan fingerprint density at radius 1 is 0.797 bits per heavy atom. The number of imide groups is 1. The number of benzene rings is 4. The molecule has 2 N–H and O–H groups in total. The van der Waals surface area contributed by atoms with Crippen molar-refractivity contribution in [2.45, 2.75) is 82.3 Å². The molecule has 1 aliphatic carbocycles. The second kappa shape index (κ2) is 16.4. The molecular formula is C49H55N5O5. The molecule has 0 radical (unpaired) electrons. The van der Waals surface area contributed by atoms with Crippen molar-refractivity contribution < 1.29 is 24.3 Å². The normalized spacial score (nSPS) is 21.9. The average molecular weight is 794 g/mol. The Kier molecular flexibility index (Phi) is 10.9. The summed E-state index contributed by atoms with van der Waals surface area (Å²) in [5, 5.41) is 12.8. The molecule has 0 aromatic heterocycles. The van der Waals surface area contributed by atoms with E-state index >= 15 is 0 Å². The molecule has 0 saturated carbocycles. The van der Waals surface area contributed by atoms with Crippen molar-refractivity contribution in [3.8, 4) is 5.75 Å². The number of piperidine rings is 2. The SMILES string of the molecule is CNC(=O)C(CCC=O)N1C(=O)c2cc3c(cc2C1=O)CN(CCN1CCC2(CC1)CCN(c1ccc(C4c5ccc(O)cc5CCC4c4ccccc4)cc1)CC2)C3. The number of hydrogen-bond acceptors (Lipinski definition) is 8. The van der Waals surface area contributed by atoms with Crippen molar-refractivity contribution in [2.75, 3.05) is 51.2 Å². The van der Waals surface area contributed by atoms with Gasteiger partial charge in [0.05, 0.1) is 11.1 Å². The van der Waals surface area contributed by atoms with E-state index in [1.165, 1.54) is 60.7 Å². The van der Waals surface area contributed by atoms with Gasteiger partial charge in [0, 0.05) is 64.3 Å². The Hall–Kier alpha value is -5.32. The number of likely N-dealkylation sites (tertiary alicyclic amines) is 1. The predicted octanol–water partition coefficient (Wildman–Crippen LogP) is 6.64. The molecule has 10 heteroatoms. The highest BCUT2D eigenvalue weighted by molar-refractivity contribution is 6.23. The fraction of sp³-hybridized carbons (Fsp3) is 0.429. The summed E-state index contributed by atoms with van der Waals surface area (Å²) < 4.78 is 0. The number of phenols is 1. The summed E-state index contributed by atoms with van der Waals surface area (Å²) in [6.07, 6.45) is 7.84. The van der Waals surface area contributed by atoms with Gasteiger partial charge in [-0.3, -0.25) is 24.2 Å². The zero-order valence-corrected chi connectivity index (χ0v) is 34.1. The smallest absolute Gasteiger partial charge is 0.262 e. The third-order valence-corrected chi connectivity index (χ3v) is 14.4. The van der Waals surface area contributed by atoms with Crippen LogP contribution in [0.2, 0.25) is 0 Å². The summed E-state index contributed by atoms with van der Waals surface area (Å²) in [5.41, 5.74) is 9.87. The van der Waals surface area contributed by atoms with E-state index in [0.717, 1.165) is 81.2 Å². The first kappa shape index (κ1) is 39.2. The fourth-order valence-electron chi connectivity index (χ4n) is 10.9. The number of likely N-dealkylation sites (N-methyl/N-ethyl adjacent to an activating group) is 1. The van der Waals surface area contributed by atoms with Crippen molar-refractivity contribution in [3.63, 3.8) is 0 Å². The van der Waals surface area contributed by atoms with Crippen LogP contribution in [-0.4, -0.2) is 96.2 Å². The van der Waals surface area contributed by atoms with Gasteiger partial charge < -0.3 is 25.0 Å². The van der Waals surface area contributed by atoms with Gasteiger partial charge in [-0.05, 0) is 139 Å². The number of aromatic hydroxyl groups is 1. The van der Waals surface area contributed by atoms with Gasteiger partial charge in [0.15, 0.2) is 0 Å². The average Bonchev–Trinajstić information content (AvgIpc) is 3.78. The van der Waals surface area contributed by atoms with E-state index < -0.39 is 23.8 Å². The maximum atomic E-state index is 13.4. The lowest BCUT2D eigenvalue weighted by molar-refractivity contribution is -0.124. The Morgan fingerprint density at radius 3 is 2.08 bits per heavy atom. The van der Waals surface area contributed by atoms with Gasteiger partial charge in [-0.2, -0.15) is 0 Å². The van der Waals surface area contributed by atoms with Crippen molar-refractivity contribution in [2.24, 2.45) is 5.41 Å². The lowest BCUT2D eigenvalue weighted by atomic mass is 9.69. The molecule has 2 saturated heterocycles. The van der Waals surface area contributed by atoms with Gasteiger partial charge >= 0.3 is 0 Å². The number of hydrogen-bond donors (Lipinski definition) is 2. The first-order valence-electron chi connectivity index (χ1n) is 21.6. The van der Waals surface area contributed by atoms with Gasteiger partial charge in [0.1, 0.15) is 18.1 Å². The van der Waals surface area contributed by atoms with Gasteiger partial charge in [-0.15, -0.1) is 0 Å². The molecule has 9 rings (SSSR count). The van der Waals surface area contributed by atoms with Crippen LogP contribution in [0.3, 0.4) is 0 Å². The van der Waals surface area contributed by atoms with E-state index in [1.54, 1.807) is 0 Å². The van der Waals surface area contributed by atoms with Crippen LogP contribution < -0.4 is 10.2 Å². The summed E-state index contributed by atoms with van der Waals surface area (Å²) in [4.78, 5) is 59.1. The molecule has 5 aliphatic rings. The molecule has 306 valence electrons. The van der Waals surface area contributed by atoms with Gasteiger partial charge in [-0.1, -0.05) is 48.5 Å². The summed E-state index contributed by atoms with van der Waals surface area (Å²) >= 11 is 0.